The Bertz CT molecular complexity index is 261. The van der Waals surface area contributed by atoms with Gasteiger partial charge in [0.2, 0.25) is 0 Å². The largest absolute Gasteiger partial charge is 0.381 e. The second-order valence-electron chi connectivity index (χ2n) is 5.48. The van der Waals surface area contributed by atoms with Crippen molar-refractivity contribution in [2.24, 2.45) is 4.99 Å². The topological polar surface area (TPSA) is 48.9 Å². The first-order chi connectivity index (χ1) is 10.8. The van der Waals surface area contributed by atoms with Crippen LogP contribution in [0.2, 0.25) is 0 Å². The Kier molecular flexibility index (Phi) is 21.8. The van der Waals surface area contributed by atoms with Crippen LogP contribution in [0, 0.1) is 0 Å². The lowest BCUT2D eigenvalue weighted by Crippen LogP contribution is -2.38. The van der Waals surface area contributed by atoms with Gasteiger partial charge in [-0.05, 0) is 45.3 Å². The standard InChI is InChI=1S/C17H38N4O.HI/c1-5-8-15-22-16-11-13-20-17(18-4)19-12-9-10-14-21(6-2)7-3;/h5-16H2,1-4H3,(H2,18,19,20);1H. The summed E-state index contributed by atoms with van der Waals surface area (Å²) in [5.41, 5.74) is 0. The first kappa shape index (κ1) is 25.2. The molecule has 0 saturated heterocycles. The predicted molar refractivity (Wildman–Crippen MR) is 112 cm³/mol. The minimum atomic E-state index is 0. The monoisotopic (exact) mass is 442 g/mol. The second-order valence-corrected chi connectivity index (χ2v) is 5.48. The molecule has 0 aromatic rings. The number of hydrogen-bond donors (Lipinski definition) is 2. The van der Waals surface area contributed by atoms with Crippen LogP contribution in [0.25, 0.3) is 0 Å². The Balaban J connectivity index is 0. The van der Waals surface area contributed by atoms with Gasteiger partial charge in [0, 0.05) is 33.4 Å². The number of nitrogens with zero attached hydrogens (tertiary/aromatic N) is 2. The molecule has 0 heterocycles. The Morgan fingerprint density at radius 2 is 1.52 bits per heavy atom. The lowest BCUT2D eigenvalue weighted by molar-refractivity contribution is 0.129. The number of guanidine groups is 1. The van der Waals surface area contributed by atoms with Gasteiger partial charge in [0.15, 0.2) is 5.96 Å². The molecule has 0 unspecified atom stereocenters. The van der Waals surface area contributed by atoms with Crippen molar-refractivity contribution in [3.05, 3.63) is 0 Å². The summed E-state index contributed by atoms with van der Waals surface area (Å²) in [5, 5.41) is 6.70. The highest BCUT2D eigenvalue weighted by Gasteiger charge is 1.99. The third-order valence-electron chi connectivity index (χ3n) is 3.71. The molecule has 0 atom stereocenters. The summed E-state index contributed by atoms with van der Waals surface area (Å²) in [6.45, 7) is 13.7. The van der Waals surface area contributed by atoms with Crippen LogP contribution in [0.5, 0.6) is 0 Å². The van der Waals surface area contributed by atoms with Crippen LogP contribution in [0.4, 0.5) is 0 Å². The van der Waals surface area contributed by atoms with E-state index in [2.05, 4.69) is 41.3 Å². The van der Waals surface area contributed by atoms with Gasteiger partial charge in [-0.3, -0.25) is 4.99 Å². The molecule has 23 heavy (non-hydrogen) atoms. The minimum Gasteiger partial charge on any atom is -0.381 e. The number of ether oxygens (including phenoxy) is 1. The van der Waals surface area contributed by atoms with E-state index in [0.717, 1.165) is 58.2 Å². The van der Waals surface area contributed by atoms with Gasteiger partial charge in [0.25, 0.3) is 0 Å². The van der Waals surface area contributed by atoms with Crippen molar-refractivity contribution >= 4 is 29.9 Å². The van der Waals surface area contributed by atoms with E-state index < -0.39 is 0 Å². The van der Waals surface area contributed by atoms with E-state index in [0.29, 0.717) is 0 Å². The van der Waals surface area contributed by atoms with Gasteiger partial charge in [0.05, 0.1) is 0 Å². The summed E-state index contributed by atoms with van der Waals surface area (Å²) in [7, 11) is 1.82. The quantitative estimate of drug-likeness (QED) is 0.188. The normalized spacial score (nSPS) is 11.4. The van der Waals surface area contributed by atoms with E-state index in [1.54, 1.807) is 0 Å². The van der Waals surface area contributed by atoms with Gasteiger partial charge in [-0.25, -0.2) is 0 Å². The molecule has 0 amide bonds. The Hall–Kier alpha value is -0.0800. The van der Waals surface area contributed by atoms with Crippen LogP contribution in [-0.4, -0.2) is 63.8 Å². The molecule has 140 valence electrons. The van der Waals surface area contributed by atoms with Crippen molar-refractivity contribution in [3.8, 4) is 0 Å². The van der Waals surface area contributed by atoms with Crippen molar-refractivity contribution in [1.29, 1.82) is 0 Å². The van der Waals surface area contributed by atoms with Crippen LogP contribution < -0.4 is 10.6 Å². The van der Waals surface area contributed by atoms with Crippen LogP contribution >= 0.6 is 24.0 Å². The fourth-order valence-corrected chi connectivity index (χ4v) is 2.16. The van der Waals surface area contributed by atoms with E-state index in [9.17, 15) is 0 Å². The fraction of sp³-hybridized carbons (Fsp3) is 0.941. The molecule has 5 nitrogen and oxygen atoms in total. The molecular weight excluding hydrogens is 403 g/mol. The molecule has 0 aliphatic heterocycles. The highest BCUT2D eigenvalue weighted by molar-refractivity contribution is 14.0. The number of unbranched alkanes of at least 4 members (excludes halogenated alkanes) is 2. The first-order valence-corrected chi connectivity index (χ1v) is 9.03. The summed E-state index contributed by atoms with van der Waals surface area (Å²) in [6, 6.07) is 0. The number of nitrogens with one attached hydrogen (secondary N) is 2. The van der Waals surface area contributed by atoms with Crippen molar-refractivity contribution < 1.29 is 4.74 Å². The van der Waals surface area contributed by atoms with Crippen molar-refractivity contribution in [3.63, 3.8) is 0 Å². The lowest BCUT2D eigenvalue weighted by atomic mass is 10.3. The van der Waals surface area contributed by atoms with Gasteiger partial charge in [-0.2, -0.15) is 0 Å². The summed E-state index contributed by atoms with van der Waals surface area (Å²) < 4.78 is 5.54. The van der Waals surface area contributed by atoms with Gasteiger partial charge in [-0.1, -0.05) is 27.2 Å². The first-order valence-electron chi connectivity index (χ1n) is 9.03. The smallest absolute Gasteiger partial charge is 0.190 e. The van der Waals surface area contributed by atoms with Gasteiger partial charge >= 0.3 is 0 Å². The van der Waals surface area contributed by atoms with Crippen molar-refractivity contribution in [2.75, 3.05) is 53.0 Å². The van der Waals surface area contributed by atoms with Gasteiger partial charge in [0.1, 0.15) is 0 Å². The molecule has 0 aliphatic rings. The number of aliphatic imine (C=N–C) groups is 1. The zero-order chi connectivity index (χ0) is 16.5. The maximum Gasteiger partial charge on any atom is 0.190 e. The van der Waals surface area contributed by atoms with Crippen molar-refractivity contribution in [2.45, 2.75) is 52.9 Å². The van der Waals surface area contributed by atoms with Crippen LogP contribution in [0.3, 0.4) is 0 Å². The SMILES string of the molecule is CCCCOCCCNC(=NC)NCCCCN(CC)CC.I. The molecule has 0 spiro atoms. The summed E-state index contributed by atoms with van der Waals surface area (Å²) in [6.07, 6.45) is 5.79. The maximum atomic E-state index is 5.54. The Labute approximate surface area is 161 Å². The van der Waals surface area contributed by atoms with E-state index in [4.69, 9.17) is 4.74 Å². The molecular formula is C17H39IN4O. The van der Waals surface area contributed by atoms with Gasteiger partial charge in [-0.15, -0.1) is 24.0 Å². The number of rotatable bonds is 14. The van der Waals surface area contributed by atoms with E-state index >= 15 is 0 Å². The van der Waals surface area contributed by atoms with Crippen LogP contribution in [0.1, 0.15) is 52.9 Å². The molecule has 0 aliphatic carbocycles. The average Bonchev–Trinajstić information content (AvgIpc) is 2.55. The summed E-state index contributed by atoms with van der Waals surface area (Å²) >= 11 is 0. The predicted octanol–water partition coefficient (Wildman–Crippen LogP) is 3.10. The summed E-state index contributed by atoms with van der Waals surface area (Å²) in [4.78, 5) is 6.71. The Morgan fingerprint density at radius 1 is 0.913 bits per heavy atom. The molecule has 0 bridgehead atoms. The zero-order valence-electron chi connectivity index (χ0n) is 15.7. The molecule has 6 heteroatoms. The fourth-order valence-electron chi connectivity index (χ4n) is 2.16. The molecule has 0 aromatic carbocycles. The maximum absolute atomic E-state index is 5.54. The molecule has 0 rings (SSSR count). The highest BCUT2D eigenvalue weighted by atomic mass is 127. The van der Waals surface area contributed by atoms with Crippen molar-refractivity contribution in [1.82, 2.24) is 15.5 Å². The number of halogens is 1. The van der Waals surface area contributed by atoms with Crippen LogP contribution in [0.15, 0.2) is 4.99 Å². The average molecular weight is 442 g/mol. The van der Waals surface area contributed by atoms with E-state index in [1.165, 1.54) is 25.8 Å². The summed E-state index contributed by atoms with van der Waals surface area (Å²) in [5.74, 6) is 0.899. The third-order valence-corrected chi connectivity index (χ3v) is 3.71. The Morgan fingerprint density at radius 3 is 2.09 bits per heavy atom. The molecule has 0 aromatic heterocycles. The van der Waals surface area contributed by atoms with Crippen LogP contribution in [-0.2, 0) is 4.74 Å². The minimum absolute atomic E-state index is 0. The van der Waals surface area contributed by atoms with E-state index in [-0.39, 0.29) is 24.0 Å². The molecule has 0 fully saturated rings. The molecule has 0 saturated carbocycles. The third kappa shape index (κ3) is 16.6. The zero-order valence-corrected chi connectivity index (χ0v) is 18.0. The lowest BCUT2D eigenvalue weighted by Gasteiger charge is -2.18. The molecule has 0 radical (unpaired) electrons. The van der Waals surface area contributed by atoms with Gasteiger partial charge < -0.3 is 20.3 Å². The number of hydrogen-bond acceptors (Lipinski definition) is 3. The van der Waals surface area contributed by atoms with E-state index in [1.807, 2.05) is 7.05 Å². The molecule has 2 N–H and O–H groups in total. The highest BCUT2D eigenvalue weighted by Crippen LogP contribution is 1.94. The second kappa shape index (κ2) is 20.0.